The largest absolute Gasteiger partial charge is 0.477 e. The predicted octanol–water partition coefficient (Wildman–Crippen LogP) is 4.10. The Morgan fingerprint density at radius 3 is 2.25 bits per heavy atom. The van der Waals surface area contributed by atoms with Crippen molar-refractivity contribution >= 4 is 9.84 Å². The summed E-state index contributed by atoms with van der Waals surface area (Å²) in [4.78, 5) is 3.05. The summed E-state index contributed by atoms with van der Waals surface area (Å²) < 4.78 is 70.9. The number of hydrogen-bond donors (Lipinski definition) is 1. The molecule has 1 N–H and O–H groups in total. The first-order chi connectivity index (χ1) is 12.8. The van der Waals surface area contributed by atoms with Gasteiger partial charge in [0.15, 0.2) is 9.84 Å². The van der Waals surface area contributed by atoms with Gasteiger partial charge in [-0.1, -0.05) is 30.3 Å². The number of alkyl halides is 3. The van der Waals surface area contributed by atoms with Crippen LogP contribution in [0.1, 0.15) is 32.3 Å². The van der Waals surface area contributed by atoms with E-state index in [0.29, 0.717) is 19.0 Å². The van der Waals surface area contributed by atoms with Gasteiger partial charge in [0.25, 0.3) is 0 Å². The molecule has 0 bridgehead atoms. The van der Waals surface area contributed by atoms with Gasteiger partial charge in [-0.3, -0.25) is 0 Å². The standard InChI is InChI=1S/C19H22F3NO4S/c1-18(2,24)10-7-11-27-17-16(28(3,25)26)15(13-8-5-4-6-9-13)14(12-23-17)19(20,21)22/h4-6,8-9,12,24H,7,10-11H2,1-3H3. The average molecular weight is 417 g/mol. The molecule has 1 heterocycles. The first-order valence-corrected chi connectivity index (χ1v) is 10.4. The van der Waals surface area contributed by atoms with Gasteiger partial charge in [-0.15, -0.1) is 0 Å². The molecule has 1 aromatic heterocycles. The van der Waals surface area contributed by atoms with Crippen molar-refractivity contribution in [3.8, 4) is 17.0 Å². The maximum atomic E-state index is 13.6. The number of benzene rings is 1. The van der Waals surface area contributed by atoms with Gasteiger partial charge in [0.2, 0.25) is 5.88 Å². The minimum Gasteiger partial charge on any atom is -0.477 e. The number of sulfone groups is 1. The van der Waals surface area contributed by atoms with Crippen LogP contribution in [0, 0.1) is 0 Å². The Labute approximate surface area is 162 Å². The molecule has 0 aliphatic rings. The van der Waals surface area contributed by atoms with Gasteiger partial charge in [0, 0.05) is 18.0 Å². The van der Waals surface area contributed by atoms with Crippen LogP contribution < -0.4 is 4.74 Å². The number of rotatable bonds is 7. The van der Waals surface area contributed by atoms with E-state index < -0.39 is 37.6 Å². The van der Waals surface area contributed by atoms with Gasteiger partial charge < -0.3 is 9.84 Å². The van der Waals surface area contributed by atoms with Crippen molar-refractivity contribution < 1.29 is 31.4 Å². The van der Waals surface area contributed by atoms with E-state index in [2.05, 4.69) is 4.98 Å². The third-order valence-corrected chi connectivity index (χ3v) is 5.03. The fraction of sp³-hybridized carbons (Fsp3) is 0.421. The molecule has 0 aliphatic carbocycles. The molecule has 28 heavy (non-hydrogen) atoms. The molecule has 0 atom stereocenters. The topological polar surface area (TPSA) is 76.5 Å². The van der Waals surface area contributed by atoms with E-state index in [1.807, 2.05) is 0 Å². The van der Waals surface area contributed by atoms with E-state index >= 15 is 0 Å². The summed E-state index contributed by atoms with van der Waals surface area (Å²) in [6.45, 7) is 3.22. The third-order valence-electron chi connectivity index (χ3n) is 3.91. The van der Waals surface area contributed by atoms with Crippen molar-refractivity contribution in [1.82, 2.24) is 4.98 Å². The number of hydrogen-bond acceptors (Lipinski definition) is 5. The number of aliphatic hydroxyl groups is 1. The zero-order valence-corrected chi connectivity index (χ0v) is 16.6. The maximum absolute atomic E-state index is 13.6. The monoisotopic (exact) mass is 417 g/mol. The highest BCUT2D eigenvalue weighted by molar-refractivity contribution is 7.91. The molecule has 9 heteroatoms. The van der Waals surface area contributed by atoms with Gasteiger partial charge in [-0.2, -0.15) is 13.2 Å². The second-order valence-corrected chi connectivity index (χ2v) is 9.03. The van der Waals surface area contributed by atoms with Crippen LogP contribution in [0.25, 0.3) is 11.1 Å². The Balaban J connectivity index is 2.59. The van der Waals surface area contributed by atoms with E-state index in [9.17, 15) is 26.7 Å². The molecule has 0 aliphatic heterocycles. The van der Waals surface area contributed by atoms with Crippen LogP contribution >= 0.6 is 0 Å². The van der Waals surface area contributed by atoms with Gasteiger partial charge in [0.05, 0.1) is 17.8 Å². The first-order valence-electron chi connectivity index (χ1n) is 8.51. The fourth-order valence-corrected chi connectivity index (χ4v) is 3.73. The molecule has 1 aromatic carbocycles. The van der Waals surface area contributed by atoms with Crippen LogP contribution in [0.3, 0.4) is 0 Å². The Kier molecular flexibility index (Phi) is 6.40. The molecule has 0 fully saturated rings. The molecule has 0 radical (unpaired) electrons. The summed E-state index contributed by atoms with van der Waals surface area (Å²) in [7, 11) is -4.10. The van der Waals surface area contributed by atoms with Crippen molar-refractivity contribution in [2.75, 3.05) is 12.9 Å². The van der Waals surface area contributed by atoms with Crippen LogP contribution in [-0.2, 0) is 16.0 Å². The van der Waals surface area contributed by atoms with Crippen molar-refractivity contribution in [3.05, 3.63) is 42.1 Å². The molecule has 2 rings (SSSR count). The van der Waals surface area contributed by atoms with E-state index in [0.717, 1.165) is 6.26 Å². The minimum absolute atomic E-state index is 0.000889. The number of pyridine rings is 1. The Morgan fingerprint density at radius 1 is 1.14 bits per heavy atom. The number of nitrogens with zero attached hydrogens (tertiary/aromatic N) is 1. The van der Waals surface area contributed by atoms with Crippen molar-refractivity contribution in [2.45, 2.75) is 43.4 Å². The van der Waals surface area contributed by atoms with E-state index in [-0.39, 0.29) is 18.1 Å². The summed E-state index contributed by atoms with van der Waals surface area (Å²) in [6, 6.07) is 7.46. The predicted molar refractivity (Wildman–Crippen MR) is 98.8 cm³/mol. The van der Waals surface area contributed by atoms with Crippen molar-refractivity contribution in [2.24, 2.45) is 0 Å². The van der Waals surface area contributed by atoms with Crippen molar-refractivity contribution in [1.29, 1.82) is 0 Å². The fourth-order valence-electron chi connectivity index (χ4n) is 2.70. The number of aromatic nitrogens is 1. The molecular formula is C19H22F3NO4S. The molecule has 5 nitrogen and oxygen atoms in total. The van der Waals surface area contributed by atoms with Gasteiger partial charge in [-0.25, -0.2) is 13.4 Å². The lowest BCUT2D eigenvalue weighted by Crippen LogP contribution is -2.20. The van der Waals surface area contributed by atoms with Gasteiger partial charge in [-0.05, 0) is 32.3 Å². The molecular weight excluding hydrogens is 395 g/mol. The summed E-state index contributed by atoms with van der Waals surface area (Å²) in [6.07, 6.45) is -2.65. The Morgan fingerprint density at radius 2 is 1.75 bits per heavy atom. The highest BCUT2D eigenvalue weighted by Crippen LogP contribution is 2.43. The SMILES string of the molecule is CC(C)(O)CCCOc1ncc(C(F)(F)F)c(-c2ccccc2)c1S(C)(=O)=O. The normalized spacial score (nSPS) is 12.8. The minimum atomic E-state index is -4.79. The lowest BCUT2D eigenvalue weighted by atomic mass is 10.0. The van der Waals surface area contributed by atoms with Crippen molar-refractivity contribution in [3.63, 3.8) is 0 Å². The first kappa shape index (κ1) is 22.2. The summed E-state index contributed by atoms with van der Waals surface area (Å²) in [5.41, 5.74) is -2.48. The Bertz CT molecular complexity index is 921. The number of ether oxygens (including phenoxy) is 1. The second kappa shape index (κ2) is 8.08. The zero-order chi connectivity index (χ0) is 21.2. The van der Waals surface area contributed by atoms with Crippen LogP contribution in [0.4, 0.5) is 13.2 Å². The lowest BCUT2D eigenvalue weighted by Gasteiger charge is -2.20. The lowest BCUT2D eigenvalue weighted by molar-refractivity contribution is -0.137. The van der Waals surface area contributed by atoms with E-state index in [4.69, 9.17) is 4.74 Å². The van der Waals surface area contributed by atoms with Crippen LogP contribution in [-0.4, -0.2) is 37.0 Å². The zero-order valence-electron chi connectivity index (χ0n) is 15.7. The van der Waals surface area contributed by atoms with Crippen LogP contribution in [0.2, 0.25) is 0 Å². The van der Waals surface area contributed by atoms with Gasteiger partial charge in [0.1, 0.15) is 4.90 Å². The summed E-state index contributed by atoms with van der Waals surface area (Å²) >= 11 is 0. The molecule has 0 spiro atoms. The molecule has 0 amide bonds. The van der Waals surface area contributed by atoms with Gasteiger partial charge >= 0.3 is 6.18 Å². The second-order valence-electron chi connectivity index (χ2n) is 7.08. The summed E-state index contributed by atoms with van der Waals surface area (Å²) in [5, 5.41) is 9.73. The highest BCUT2D eigenvalue weighted by Gasteiger charge is 2.38. The van der Waals surface area contributed by atoms with E-state index in [1.165, 1.54) is 24.3 Å². The molecule has 0 saturated heterocycles. The molecule has 2 aromatic rings. The molecule has 154 valence electrons. The quantitative estimate of drug-likeness (QED) is 0.687. The van der Waals surface area contributed by atoms with Crippen LogP contribution in [0.5, 0.6) is 5.88 Å². The maximum Gasteiger partial charge on any atom is 0.418 e. The third kappa shape index (κ3) is 5.68. The smallest absolute Gasteiger partial charge is 0.418 e. The summed E-state index contributed by atoms with van der Waals surface area (Å²) in [5.74, 6) is -0.384. The number of halogens is 3. The van der Waals surface area contributed by atoms with Crippen LogP contribution in [0.15, 0.2) is 41.4 Å². The Hall–Kier alpha value is -2.13. The van der Waals surface area contributed by atoms with E-state index in [1.54, 1.807) is 19.9 Å². The molecule has 0 unspecified atom stereocenters. The average Bonchev–Trinajstić information content (AvgIpc) is 2.56. The molecule has 0 saturated carbocycles. The highest BCUT2D eigenvalue weighted by atomic mass is 32.2.